The number of nitrogens with zero attached hydrogens (tertiary/aromatic N) is 2. The topological polar surface area (TPSA) is 60.2 Å². The Hall–Kier alpha value is -0.950. The van der Waals surface area contributed by atoms with E-state index in [1.54, 1.807) is 6.07 Å². The van der Waals surface area contributed by atoms with Gasteiger partial charge in [0, 0.05) is 22.7 Å². The maximum Gasteiger partial charge on any atom is 0.233 e. The van der Waals surface area contributed by atoms with Gasteiger partial charge in [0.15, 0.2) is 0 Å². The molecule has 2 heterocycles. The standard InChI is InChI=1S/C14H15BrClN3O2/c1-17-12-4-5-20-7-9(12)14-18-13(19-21-14)8-2-3-11(16)10(15)6-8/h2-3,6,9,12,17H,4-5,7H2,1H3. The van der Waals surface area contributed by atoms with E-state index in [1.807, 2.05) is 19.2 Å². The third kappa shape index (κ3) is 3.13. The first kappa shape index (κ1) is 15.0. The van der Waals surface area contributed by atoms with Gasteiger partial charge in [0.2, 0.25) is 11.7 Å². The van der Waals surface area contributed by atoms with E-state index < -0.39 is 0 Å². The van der Waals surface area contributed by atoms with Gasteiger partial charge in [-0.25, -0.2) is 0 Å². The van der Waals surface area contributed by atoms with E-state index in [-0.39, 0.29) is 5.92 Å². The number of nitrogens with one attached hydrogen (secondary N) is 1. The van der Waals surface area contributed by atoms with Gasteiger partial charge in [-0.05, 0) is 47.6 Å². The van der Waals surface area contributed by atoms with Crippen LogP contribution in [0.3, 0.4) is 0 Å². The van der Waals surface area contributed by atoms with Gasteiger partial charge >= 0.3 is 0 Å². The quantitative estimate of drug-likeness (QED) is 0.896. The van der Waals surface area contributed by atoms with Crippen LogP contribution in [0, 0.1) is 0 Å². The highest BCUT2D eigenvalue weighted by atomic mass is 79.9. The predicted octanol–water partition coefficient (Wildman–Crippen LogP) is 3.24. The number of aromatic nitrogens is 2. The van der Waals surface area contributed by atoms with Crippen molar-refractivity contribution in [1.82, 2.24) is 15.5 Å². The van der Waals surface area contributed by atoms with Crippen molar-refractivity contribution in [3.05, 3.63) is 33.6 Å². The fraction of sp³-hybridized carbons (Fsp3) is 0.429. The van der Waals surface area contributed by atoms with E-state index in [0.717, 1.165) is 23.1 Å². The lowest BCUT2D eigenvalue weighted by molar-refractivity contribution is 0.0516. The van der Waals surface area contributed by atoms with Crippen LogP contribution < -0.4 is 5.32 Å². The summed E-state index contributed by atoms with van der Waals surface area (Å²) in [5.41, 5.74) is 0.860. The number of ether oxygens (including phenoxy) is 1. The van der Waals surface area contributed by atoms with Crippen molar-refractivity contribution in [2.24, 2.45) is 0 Å². The van der Waals surface area contributed by atoms with Crippen molar-refractivity contribution in [1.29, 1.82) is 0 Å². The van der Waals surface area contributed by atoms with Crippen molar-refractivity contribution in [3.63, 3.8) is 0 Å². The monoisotopic (exact) mass is 371 g/mol. The highest BCUT2D eigenvalue weighted by molar-refractivity contribution is 9.10. The van der Waals surface area contributed by atoms with E-state index in [4.69, 9.17) is 20.9 Å². The third-order valence-corrected chi connectivity index (χ3v) is 4.88. The van der Waals surface area contributed by atoms with Crippen molar-refractivity contribution in [2.45, 2.75) is 18.4 Å². The van der Waals surface area contributed by atoms with Crippen LogP contribution in [0.2, 0.25) is 5.02 Å². The first-order chi connectivity index (χ1) is 10.2. The Morgan fingerprint density at radius 1 is 1.43 bits per heavy atom. The highest BCUT2D eigenvalue weighted by Crippen LogP contribution is 2.30. The molecular weight excluding hydrogens is 358 g/mol. The Labute approximate surface area is 136 Å². The Morgan fingerprint density at radius 2 is 2.29 bits per heavy atom. The zero-order chi connectivity index (χ0) is 14.8. The molecule has 0 aliphatic carbocycles. The number of halogens is 2. The average Bonchev–Trinajstić information content (AvgIpc) is 2.99. The summed E-state index contributed by atoms with van der Waals surface area (Å²) in [5.74, 6) is 1.25. The lowest BCUT2D eigenvalue weighted by Gasteiger charge is -2.28. The molecule has 0 amide bonds. The molecule has 2 unspecified atom stereocenters. The van der Waals surface area contributed by atoms with Gasteiger partial charge in [-0.1, -0.05) is 16.8 Å². The largest absolute Gasteiger partial charge is 0.381 e. The molecule has 2 atom stereocenters. The molecule has 1 aliphatic heterocycles. The van der Waals surface area contributed by atoms with Gasteiger partial charge in [0.05, 0.1) is 17.5 Å². The van der Waals surface area contributed by atoms with Gasteiger partial charge in [0.1, 0.15) is 0 Å². The molecule has 3 rings (SSSR count). The molecule has 7 heteroatoms. The summed E-state index contributed by atoms with van der Waals surface area (Å²) in [6, 6.07) is 5.85. The minimum absolute atomic E-state index is 0.0840. The van der Waals surface area contributed by atoms with Gasteiger partial charge in [-0.3, -0.25) is 0 Å². The average molecular weight is 373 g/mol. The van der Waals surface area contributed by atoms with Crippen LogP contribution in [0.1, 0.15) is 18.2 Å². The second-order valence-corrected chi connectivity index (χ2v) is 6.21. The Balaban J connectivity index is 1.86. The predicted molar refractivity (Wildman–Crippen MR) is 83.5 cm³/mol. The molecule has 1 aromatic carbocycles. The Kier molecular flexibility index (Phi) is 4.59. The fourth-order valence-corrected chi connectivity index (χ4v) is 2.96. The maximum atomic E-state index is 6.00. The second-order valence-electron chi connectivity index (χ2n) is 4.95. The maximum absolute atomic E-state index is 6.00. The SMILES string of the molecule is CNC1CCOCC1c1nc(-c2ccc(Cl)c(Br)c2)no1. The number of rotatable bonds is 3. The molecule has 21 heavy (non-hydrogen) atoms. The molecular formula is C14H15BrClN3O2. The van der Waals surface area contributed by atoms with Crippen LogP contribution in [0.25, 0.3) is 11.4 Å². The van der Waals surface area contributed by atoms with Gasteiger partial charge in [-0.15, -0.1) is 0 Å². The first-order valence-corrected chi connectivity index (χ1v) is 7.90. The summed E-state index contributed by atoms with van der Waals surface area (Å²) >= 11 is 9.40. The van der Waals surface area contributed by atoms with Gasteiger partial charge < -0.3 is 14.6 Å². The smallest absolute Gasteiger partial charge is 0.233 e. The zero-order valence-electron chi connectivity index (χ0n) is 11.5. The molecule has 112 valence electrons. The van der Waals surface area contributed by atoms with Crippen LogP contribution in [-0.4, -0.2) is 36.4 Å². The van der Waals surface area contributed by atoms with E-state index in [2.05, 4.69) is 31.4 Å². The van der Waals surface area contributed by atoms with Crippen LogP contribution in [0.4, 0.5) is 0 Å². The molecule has 1 fully saturated rings. The fourth-order valence-electron chi connectivity index (χ4n) is 2.47. The summed E-state index contributed by atoms with van der Waals surface area (Å²) in [5, 5.41) is 8.00. The normalized spacial score (nSPS) is 22.4. The lowest BCUT2D eigenvalue weighted by atomic mass is 9.96. The molecule has 2 aromatic rings. The van der Waals surface area contributed by atoms with Crippen LogP contribution in [-0.2, 0) is 4.74 Å². The van der Waals surface area contributed by atoms with Crippen molar-refractivity contribution < 1.29 is 9.26 Å². The minimum Gasteiger partial charge on any atom is -0.381 e. The van der Waals surface area contributed by atoms with Gasteiger partial charge in [0.25, 0.3) is 0 Å². The molecule has 5 nitrogen and oxygen atoms in total. The minimum atomic E-state index is 0.0840. The number of hydrogen-bond acceptors (Lipinski definition) is 5. The molecule has 1 aliphatic rings. The molecule has 0 bridgehead atoms. The second kappa shape index (κ2) is 6.44. The van der Waals surface area contributed by atoms with E-state index in [9.17, 15) is 0 Å². The van der Waals surface area contributed by atoms with Crippen molar-refractivity contribution >= 4 is 27.5 Å². The summed E-state index contributed by atoms with van der Waals surface area (Å²) in [4.78, 5) is 4.51. The number of benzene rings is 1. The molecule has 1 aromatic heterocycles. The summed E-state index contributed by atoms with van der Waals surface area (Å²) in [7, 11) is 1.94. The van der Waals surface area contributed by atoms with E-state index >= 15 is 0 Å². The molecule has 0 spiro atoms. The van der Waals surface area contributed by atoms with Crippen LogP contribution in [0.15, 0.2) is 27.2 Å². The zero-order valence-corrected chi connectivity index (χ0v) is 13.8. The number of hydrogen-bond donors (Lipinski definition) is 1. The van der Waals surface area contributed by atoms with Crippen LogP contribution >= 0.6 is 27.5 Å². The molecule has 0 radical (unpaired) electrons. The van der Waals surface area contributed by atoms with Crippen molar-refractivity contribution in [2.75, 3.05) is 20.3 Å². The Bertz CT molecular complexity index is 634. The van der Waals surface area contributed by atoms with E-state index in [1.165, 1.54) is 0 Å². The molecule has 1 N–H and O–H groups in total. The molecule has 1 saturated heterocycles. The first-order valence-electron chi connectivity index (χ1n) is 6.73. The summed E-state index contributed by atoms with van der Waals surface area (Å²) in [6.07, 6.45) is 0.936. The van der Waals surface area contributed by atoms with Gasteiger partial charge in [-0.2, -0.15) is 4.98 Å². The van der Waals surface area contributed by atoms with Crippen LogP contribution in [0.5, 0.6) is 0 Å². The summed E-state index contributed by atoms with van der Waals surface area (Å²) < 4.78 is 11.8. The number of likely N-dealkylation sites (N-methyl/N-ethyl adjacent to an activating group) is 1. The molecule has 0 saturated carbocycles. The lowest BCUT2D eigenvalue weighted by Crippen LogP contribution is -2.39. The third-order valence-electron chi connectivity index (χ3n) is 3.66. The highest BCUT2D eigenvalue weighted by Gasteiger charge is 2.30. The van der Waals surface area contributed by atoms with E-state index in [0.29, 0.717) is 29.4 Å². The van der Waals surface area contributed by atoms with Crippen molar-refractivity contribution in [3.8, 4) is 11.4 Å². The Morgan fingerprint density at radius 3 is 3.05 bits per heavy atom. The summed E-state index contributed by atoms with van der Waals surface area (Å²) in [6.45, 7) is 1.35.